The van der Waals surface area contributed by atoms with Crippen molar-refractivity contribution in [2.45, 2.75) is 6.92 Å². The zero-order valence-corrected chi connectivity index (χ0v) is 20.1. The van der Waals surface area contributed by atoms with Crippen LogP contribution < -0.4 is 29.7 Å². The van der Waals surface area contributed by atoms with Gasteiger partial charge in [-0.15, -0.1) is 0 Å². The lowest BCUT2D eigenvalue weighted by Crippen LogP contribution is -2.17. The summed E-state index contributed by atoms with van der Waals surface area (Å²) < 4.78 is 27.4. The molecular weight excluding hydrogens is 450 g/mol. The van der Waals surface area contributed by atoms with Gasteiger partial charge in [-0.2, -0.15) is 0 Å². The largest absolute Gasteiger partial charge is 0.493 e. The molecule has 1 N–H and O–H groups in total. The molecule has 8 nitrogen and oxygen atoms in total. The van der Waals surface area contributed by atoms with Crippen molar-refractivity contribution in [3.8, 4) is 34.1 Å². The second kappa shape index (κ2) is 9.80. The third-order valence-electron chi connectivity index (χ3n) is 5.66. The number of anilines is 1. The first-order valence-corrected chi connectivity index (χ1v) is 10.7. The van der Waals surface area contributed by atoms with Crippen molar-refractivity contribution in [2.24, 2.45) is 0 Å². The molecule has 1 aromatic heterocycles. The van der Waals surface area contributed by atoms with Crippen LogP contribution in [0.4, 0.5) is 5.88 Å². The minimum atomic E-state index is -0.483. The van der Waals surface area contributed by atoms with E-state index in [-0.39, 0.29) is 16.9 Å². The fraction of sp³-hybridized carbons (Fsp3) is 0.185. The van der Waals surface area contributed by atoms with E-state index >= 15 is 0 Å². The summed E-state index contributed by atoms with van der Waals surface area (Å²) in [7, 11) is 6.03. The molecule has 0 spiro atoms. The van der Waals surface area contributed by atoms with Crippen LogP contribution in [0.25, 0.3) is 22.1 Å². The molecule has 3 aromatic carbocycles. The van der Waals surface area contributed by atoms with Gasteiger partial charge in [0.2, 0.25) is 11.3 Å². The highest BCUT2D eigenvalue weighted by Gasteiger charge is 2.21. The Balaban J connectivity index is 1.89. The Kier molecular flexibility index (Phi) is 6.64. The van der Waals surface area contributed by atoms with E-state index < -0.39 is 5.91 Å². The Morgan fingerprint density at radius 3 is 2.09 bits per heavy atom. The van der Waals surface area contributed by atoms with E-state index in [1.165, 1.54) is 28.4 Å². The highest BCUT2D eigenvalue weighted by molar-refractivity contribution is 6.06. The highest BCUT2D eigenvalue weighted by atomic mass is 16.5. The molecule has 0 saturated carbocycles. The molecule has 4 aromatic rings. The van der Waals surface area contributed by atoms with Crippen LogP contribution in [0.1, 0.15) is 15.9 Å². The lowest BCUT2D eigenvalue weighted by atomic mass is 10.0. The molecule has 0 unspecified atom stereocenters. The Morgan fingerprint density at radius 2 is 1.43 bits per heavy atom. The van der Waals surface area contributed by atoms with Gasteiger partial charge in [-0.05, 0) is 54.4 Å². The summed E-state index contributed by atoms with van der Waals surface area (Å²) in [6.45, 7) is 1.83. The number of carbonyl (C=O) groups is 1. The van der Waals surface area contributed by atoms with Gasteiger partial charge in [0.15, 0.2) is 23.0 Å². The minimum Gasteiger partial charge on any atom is -0.493 e. The Bertz CT molecular complexity index is 1470. The summed E-state index contributed by atoms with van der Waals surface area (Å²) in [4.78, 5) is 26.8. The zero-order chi connectivity index (χ0) is 25.1. The van der Waals surface area contributed by atoms with Crippen LogP contribution in [-0.4, -0.2) is 34.3 Å². The number of amides is 1. The van der Waals surface area contributed by atoms with Crippen molar-refractivity contribution in [1.82, 2.24) is 0 Å². The monoisotopic (exact) mass is 475 g/mol. The van der Waals surface area contributed by atoms with Gasteiger partial charge < -0.3 is 23.4 Å². The van der Waals surface area contributed by atoms with Crippen LogP contribution >= 0.6 is 0 Å². The van der Waals surface area contributed by atoms with Gasteiger partial charge in [0.05, 0.1) is 39.4 Å². The molecule has 0 fully saturated rings. The highest BCUT2D eigenvalue weighted by Crippen LogP contribution is 2.36. The lowest BCUT2D eigenvalue weighted by molar-refractivity contribution is 0.102. The number of carbonyl (C=O) groups excluding carboxylic acids is 1. The molecule has 0 aliphatic carbocycles. The average molecular weight is 475 g/mol. The SMILES string of the molecule is COc1ccc(C(=O)Nc2oc3c(C)cccc3c(=O)c2-c2ccc(OC)c(OC)c2)cc1OC. The van der Waals surface area contributed by atoms with Gasteiger partial charge in [0, 0.05) is 5.56 Å². The fourth-order valence-electron chi connectivity index (χ4n) is 3.85. The Morgan fingerprint density at radius 1 is 0.800 bits per heavy atom. The third kappa shape index (κ3) is 4.38. The predicted molar refractivity (Wildman–Crippen MR) is 133 cm³/mol. The van der Waals surface area contributed by atoms with E-state index in [0.29, 0.717) is 45.1 Å². The molecule has 8 heteroatoms. The quantitative estimate of drug-likeness (QED) is 0.399. The first kappa shape index (κ1) is 23.7. The first-order valence-electron chi connectivity index (χ1n) is 10.7. The second-order valence-corrected chi connectivity index (χ2v) is 7.68. The van der Waals surface area contributed by atoms with Crippen molar-refractivity contribution in [3.05, 3.63) is 75.9 Å². The average Bonchev–Trinajstić information content (AvgIpc) is 2.88. The molecule has 0 bridgehead atoms. The van der Waals surface area contributed by atoms with Gasteiger partial charge in [0.25, 0.3) is 5.91 Å². The topological polar surface area (TPSA) is 96.2 Å². The van der Waals surface area contributed by atoms with Crippen LogP contribution in [0.2, 0.25) is 0 Å². The van der Waals surface area contributed by atoms with Crippen LogP contribution in [0, 0.1) is 6.92 Å². The van der Waals surface area contributed by atoms with Crippen molar-refractivity contribution < 1.29 is 28.2 Å². The summed E-state index contributed by atoms with van der Waals surface area (Å²) in [5.74, 6) is 1.37. The zero-order valence-electron chi connectivity index (χ0n) is 20.1. The second-order valence-electron chi connectivity index (χ2n) is 7.68. The van der Waals surface area contributed by atoms with Gasteiger partial charge in [0.1, 0.15) is 5.58 Å². The van der Waals surface area contributed by atoms with Crippen LogP contribution in [-0.2, 0) is 0 Å². The molecule has 0 aliphatic heterocycles. The maximum Gasteiger partial charge on any atom is 0.258 e. The number of aryl methyl sites for hydroxylation is 1. The molecule has 35 heavy (non-hydrogen) atoms. The number of hydrogen-bond acceptors (Lipinski definition) is 7. The summed E-state index contributed by atoms with van der Waals surface area (Å²) >= 11 is 0. The van der Waals surface area contributed by atoms with Gasteiger partial charge in [-0.25, -0.2) is 0 Å². The molecule has 180 valence electrons. The minimum absolute atomic E-state index is 0.0174. The summed E-state index contributed by atoms with van der Waals surface area (Å²) in [6.07, 6.45) is 0. The number of fused-ring (bicyclic) bond motifs is 1. The van der Waals surface area contributed by atoms with E-state index in [0.717, 1.165) is 5.56 Å². The molecular formula is C27H25NO7. The molecule has 0 atom stereocenters. The number of methoxy groups -OCH3 is 4. The Hall–Kier alpha value is -4.46. The van der Waals surface area contributed by atoms with E-state index in [4.69, 9.17) is 23.4 Å². The number of benzene rings is 3. The van der Waals surface area contributed by atoms with E-state index in [1.807, 2.05) is 13.0 Å². The maximum absolute atomic E-state index is 13.6. The van der Waals surface area contributed by atoms with Crippen LogP contribution in [0.3, 0.4) is 0 Å². The first-order chi connectivity index (χ1) is 16.9. The van der Waals surface area contributed by atoms with E-state index in [9.17, 15) is 9.59 Å². The van der Waals surface area contributed by atoms with E-state index in [2.05, 4.69) is 5.32 Å². The fourth-order valence-corrected chi connectivity index (χ4v) is 3.85. The molecule has 1 heterocycles. The molecule has 0 saturated heterocycles. The Labute approximate surface area is 202 Å². The van der Waals surface area contributed by atoms with Crippen molar-refractivity contribution in [3.63, 3.8) is 0 Å². The standard InChI is InChI=1S/C27H25NO7/c1-15-7-6-8-18-24(29)23(16-9-11-19(31-2)21(13-16)33-4)27(35-25(15)18)28-26(30)17-10-12-20(32-3)22(14-17)34-5/h6-14H,1-5H3,(H,28,30). The summed E-state index contributed by atoms with van der Waals surface area (Å²) in [6, 6.07) is 15.2. The number of hydrogen-bond donors (Lipinski definition) is 1. The molecule has 4 rings (SSSR count). The molecule has 0 aliphatic rings. The maximum atomic E-state index is 13.6. The summed E-state index contributed by atoms with van der Waals surface area (Å²) in [5.41, 5.74) is 1.86. The van der Waals surface area contributed by atoms with Crippen molar-refractivity contribution in [2.75, 3.05) is 33.8 Å². The number of rotatable bonds is 7. The smallest absolute Gasteiger partial charge is 0.258 e. The normalized spacial score (nSPS) is 10.7. The lowest BCUT2D eigenvalue weighted by Gasteiger charge is -2.15. The van der Waals surface area contributed by atoms with Gasteiger partial charge >= 0.3 is 0 Å². The third-order valence-corrected chi connectivity index (χ3v) is 5.66. The summed E-state index contributed by atoms with van der Waals surface area (Å²) in [5, 5.41) is 3.17. The molecule has 1 amide bonds. The molecule has 0 radical (unpaired) electrons. The van der Waals surface area contributed by atoms with Gasteiger partial charge in [-0.1, -0.05) is 18.2 Å². The van der Waals surface area contributed by atoms with Crippen molar-refractivity contribution in [1.29, 1.82) is 0 Å². The van der Waals surface area contributed by atoms with Crippen LogP contribution in [0.5, 0.6) is 23.0 Å². The van der Waals surface area contributed by atoms with E-state index in [1.54, 1.807) is 48.5 Å². The number of ether oxygens (including phenoxy) is 4. The van der Waals surface area contributed by atoms with Crippen molar-refractivity contribution >= 4 is 22.8 Å². The van der Waals surface area contributed by atoms with Crippen LogP contribution in [0.15, 0.2) is 63.8 Å². The van der Waals surface area contributed by atoms with Gasteiger partial charge in [-0.3, -0.25) is 14.9 Å². The number of para-hydroxylation sites is 1. The predicted octanol–water partition coefficient (Wildman–Crippen LogP) is 5.06. The number of nitrogens with one attached hydrogen (secondary N) is 1.